The second-order valence-corrected chi connectivity index (χ2v) is 5.82. The molecular formula is C20H18ClNO. The van der Waals surface area contributed by atoms with Gasteiger partial charge in [0.05, 0.1) is 5.02 Å². The van der Waals surface area contributed by atoms with Crippen LogP contribution in [0.25, 0.3) is 11.1 Å². The molecule has 3 heteroatoms. The van der Waals surface area contributed by atoms with Crippen molar-refractivity contribution in [1.82, 2.24) is 0 Å². The molecule has 0 bridgehead atoms. The number of halogens is 1. The van der Waals surface area contributed by atoms with E-state index in [-0.39, 0.29) is 0 Å². The molecule has 2 nitrogen and oxygen atoms in total. The quantitative estimate of drug-likeness (QED) is 0.645. The number of anilines is 1. The first-order valence-electron chi connectivity index (χ1n) is 7.47. The van der Waals surface area contributed by atoms with Gasteiger partial charge in [-0.3, -0.25) is 0 Å². The van der Waals surface area contributed by atoms with Crippen LogP contribution in [0.2, 0.25) is 5.02 Å². The molecule has 0 aliphatic carbocycles. The third-order valence-electron chi connectivity index (χ3n) is 3.84. The number of nitrogens with two attached hydrogens (primary N) is 1. The average molecular weight is 324 g/mol. The van der Waals surface area contributed by atoms with E-state index in [9.17, 15) is 0 Å². The van der Waals surface area contributed by atoms with Crippen LogP contribution in [0.3, 0.4) is 0 Å². The molecule has 0 heterocycles. The lowest BCUT2D eigenvalue weighted by Gasteiger charge is -2.11. The molecular weight excluding hydrogens is 306 g/mol. The Morgan fingerprint density at radius 2 is 1.61 bits per heavy atom. The van der Waals surface area contributed by atoms with Crippen LogP contribution < -0.4 is 10.5 Å². The number of hydrogen-bond acceptors (Lipinski definition) is 2. The van der Waals surface area contributed by atoms with E-state index in [4.69, 9.17) is 22.1 Å². The van der Waals surface area contributed by atoms with Gasteiger partial charge < -0.3 is 10.5 Å². The summed E-state index contributed by atoms with van der Waals surface area (Å²) < 4.78 is 5.80. The van der Waals surface area contributed by atoms with Gasteiger partial charge in [-0.05, 0) is 41.8 Å². The number of benzene rings is 3. The summed E-state index contributed by atoms with van der Waals surface area (Å²) in [5.74, 6) is 0.834. The highest BCUT2D eigenvalue weighted by molar-refractivity contribution is 6.34. The second-order valence-electron chi connectivity index (χ2n) is 5.44. The molecule has 2 N–H and O–H groups in total. The molecule has 0 amide bonds. The van der Waals surface area contributed by atoms with Gasteiger partial charge in [-0.2, -0.15) is 0 Å². The van der Waals surface area contributed by atoms with Gasteiger partial charge in [-0.25, -0.2) is 0 Å². The summed E-state index contributed by atoms with van der Waals surface area (Å²) in [4.78, 5) is 0. The highest BCUT2D eigenvalue weighted by Gasteiger charge is 2.08. The Bertz CT molecular complexity index is 798. The van der Waals surface area contributed by atoms with E-state index in [1.807, 2.05) is 73.7 Å². The Kier molecular flexibility index (Phi) is 4.54. The van der Waals surface area contributed by atoms with Crippen LogP contribution in [-0.2, 0) is 6.61 Å². The lowest BCUT2D eigenvalue weighted by molar-refractivity contribution is 0.306. The summed E-state index contributed by atoms with van der Waals surface area (Å²) in [5.41, 5.74) is 10.7. The highest BCUT2D eigenvalue weighted by Crippen LogP contribution is 2.34. The van der Waals surface area contributed by atoms with Gasteiger partial charge in [0.15, 0.2) is 0 Å². The van der Waals surface area contributed by atoms with Crippen LogP contribution in [-0.4, -0.2) is 0 Å². The van der Waals surface area contributed by atoms with Crippen molar-refractivity contribution in [3.8, 4) is 16.9 Å². The van der Waals surface area contributed by atoms with E-state index in [0.717, 1.165) is 28.0 Å². The van der Waals surface area contributed by atoms with Gasteiger partial charge in [-0.1, -0.05) is 60.1 Å². The van der Waals surface area contributed by atoms with E-state index in [0.29, 0.717) is 17.3 Å². The van der Waals surface area contributed by atoms with Crippen molar-refractivity contribution in [2.24, 2.45) is 0 Å². The average Bonchev–Trinajstić information content (AvgIpc) is 2.60. The van der Waals surface area contributed by atoms with Crippen molar-refractivity contribution in [2.45, 2.75) is 13.5 Å². The van der Waals surface area contributed by atoms with E-state index < -0.39 is 0 Å². The van der Waals surface area contributed by atoms with Crippen molar-refractivity contribution < 1.29 is 4.74 Å². The highest BCUT2D eigenvalue weighted by atomic mass is 35.5. The first-order chi connectivity index (χ1) is 11.1. The van der Waals surface area contributed by atoms with Crippen molar-refractivity contribution >= 4 is 17.3 Å². The molecule has 3 aromatic rings. The topological polar surface area (TPSA) is 35.2 Å². The normalized spacial score (nSPS) is 10.5. The largest absolute Gasteiger partial charge is 0.489 e. The fourth-order valence-electron chi connectivity index (χ4n) is 2.39. The van der Waals surface area contributed by atoms with Crippen LogP contribution in [0.15, 0.2) is 66.7 Å². The smallest absolute Gasteiger partial charge is 0.119 e. The van der Waals surface area contributed by atoms with Crippen LogP contribution >= 0.6 is 11.6 Å². The minimum absolute atomic E-state index is 0.557. The molecule has 0 fully saturated rings. The molecule has 0 aliphatic heterocycles. The summed E-state index contributed by atoms with van der Waals surface area (Å²) in [7, 11) is 0. The fraction of sp³-hybridized carbons (Fsp3) is 0.100. The van der Waals surface area contributed by atoms with Crippen molar-refractivity contribution in [3.05, 3.63) is 82.9 Å². The lowest BCUT2D eigenvalue weighted by atomic mass is 10.0. The van der Waals surface area contributed by atoms with E-state index in [1.54, 1.807) is 0 Å². The molecule has 0 radical (unpaired) electrons. The Morgan fingerprint density at radius 1 is 0.913 bits per heavy atom. The van der Waals surface area contributed by atoms with Crippen molar-refractivity contribution in [1.29, 1.82) is 0 Å². The van der Waals surface area contributed by atoms with Gasteiger partial charge in [0.2, 0.25) is 0 Å². The Labute approximate surface area is 141 Å². The molecule has 0 spiro atoms. The van der Waals surface area contributed by atoms with Gasteiger partial charge in [-0.15, -0.1) is 0 Å². The predicted molar refractivity (Wildman–Crippen MR) is 96.8 cm³/mol. The zero-order valence-corrected chi connectivity index (χ0v) is 13.7. The van der Waals surface area contributed by atoms with E-state index >= 15 is 0 Å². The molecule has 3 aromatic carbocycles. The Hall–Kier alpha value is -2.45. The van der Waals surface area contributed by atoms with Gasteiger partial charge in [0, 0.05) is 11.3 Å². The molecule has 0 atom stereocenters. The van der Waals surface area contributed by atoms with Crippen molar-refractivity contribution in [2.75, 3.05) is 5.73 Å². The monoisotopic (exact) mass is 323 g/mol. The number of ether oxygens (including phenoxy) is 1. The number of nitrogen functional groups attached to an aromatic ring is 1. The number of hydrogen-bond donors (Lipinski definition) is 1. The summed E-state index contributed by atoms with van der Waals surface area (Å²) in [6, 6.07) is 21.9. The maximum Gasteiger partial charge on any atom is 0.119 e. The Balaban J connectivity index is 1.76. The zero-order chi connectivity index (χ0) is 16.2. The van der Waals surface area contributed by atoms with Crippen molar-refractivity contribution in [3.63, 3.8) is 0 Å². The number of rotatable bonds is 4. The molecule has 0 aromatic heterocycles. The van der Waals surface area contributed by atoms with Crippen LogP contribution in [0.5, 0.6) is 5.75 Å². The van der Waals surface area contributed by atoms with Crippen LogP contribution in [0.4, 0.5) is 5.69 Å². The van der Waals surface area contributed by atoms with Gasteiger partial charge in [0.25, 0.3) is 0 Å². The lowest BCUT2D eigenvalue weighted by Crippen LogP contribution is -1.95. The third kappa shape index (κ3) is 3.49. The first-order valence-corrected chi connectivity index (χ1v) is 7.84. The summed E-state index contributed by atoms with van der Waals surface area (Å²) in [6.45, 7) is 2.49. The Morgan fingerprint density at radius 3 is 2.30 bits per heavy atom. The molecule has 3 rings (SSSR count). The van der Waals surface area contributed by atoms with Crippen LogP contribution in [0, 0.1) is 6.92 Å². The molecule has 116 valence electrons. The summed E-state index contributed by atoms with van der Waals surface area (Å²) in [6.07, 6.45) is 0. The SMILES string of the molecule is Cc1c(N)ccc(-c2ccc(OCc3ccccc3)cc2)c1Cl. The molecule has 23 heavy (non-hydrogen) atoms. The first kappa shape index (κ1) is 15.4. The molecule has 0 saturated heterocycles. The molecule has 0 saturated carbocycles. The van der Waals surface area contributed by atoms with Gasteiger partial charge >= 0.3 is 0 Å². The van der Waals surface area contributed by atoms with Gasteiger partial charge in [0.1, 0.15) is 12.4 Å². The minimum Gasteiger partial charge on any atom is -0.489 e. The minimum atomic E-state index is 0.557. The maximum atomic E-state index is 6.40. The second kappa shape index (κ2) is 6.76. The fourth-order valence-corrected chi connectivity index (χ4v) is 2.68. The molecule has 0 aliphatic rings. The van der Waals surface area contributed by atoms with E-state index in [1.165, 1.54) is 0 Å². The van der Waals surface area contributed by atoms with Crippen LogP contribution in [0.1, 0.15) is 11.1 Å². The summed E-state index contributed by atoms with van der Waals surface area (Å²) >= 11 is 6.40. The summed E-state index contributed by atoms with van der Waals surface area (Å²) in [5, 5.41) is 0.697. The maximum absolute atomic E-state index is 6.40. The predicted octanol–water partition coefficient (Wildman–Crippen LogP) is 5.48. The zero-order valence-electron chi connectivity index (χ0n) is 12.9. The standard InChI is InChI=1S/C20H18ClNO/c1-14-19(22)12-11-18(20(14)21)16-7-9-17(10-8-16)23-13-15-5-3-2-4-6-15/h2-12H,13,22H2,1H3. The molecule has 0 unspecified atom stereocenters. The third-order valence-corrected chi connectivity index (χ3v) is 4.33. The van der Waals surface area contributed by atoms with E-state index in [2.05, 4.69) is 0 Å².